The molecule has 0 aliphatic carbocycles. The van der Waals surface area contributed by atoms with Crippen LogP contribution < -0.4 is 9.47 Å². The van der Waals surface area contributed by atoms with Gasteiger partial charge in [0.1, 0.15) is 6.61 Å². The minimum absolute atomic E-state index is 0.452. The van der Waals surface area contributed by atoms with E-state index in [-0.39, 0.29) is 0 Å². The van der Waals surface area contributed by atoms with Crippen molar-refractivity contribution in [3.8, 4) is 11.5 Å². The van der Waals surface area contributed by atoms with Gasteiger partial charge >= 0.3 is 0 Å². The number of ether oxygens (including phenoxy) is 2. The summed E-state index contributed by atoms with van der Waals surface area (Å²) in [6, 6.07) is 19.6. The van der Waals surface area contributed by atoms with Crippen LogP contribution in [0, 0.1) is 13.8 Å². The topological polar surface area (TPSA) is 30.8 Å². The maximum absolute atomic E-state index is 5.95. The first-order valence-electron chi connectivity index (χ1n) is 9.30. The zero-order valence-electron chi connectivity index (χ0n) is 16.4. The molecule has 144 valence electrons. The van der Waals surface area contributed by atoms with Gasteiger partial charge in [-0.2, -0.15) is 0 Å². The van der Waals surface area contributed by atoms with Gasteiger partial charge < -0.3 is 9.47 Å². The van der Waals surface area contributed by atoms with Gasteiger partial charge in [0, 0.05) is 11.2 Å². The number of hydrogen-bond acceptors (Lipinski definition) is 3. The summed E-state index contributed by atoms with van der Waals surface area (Å²) >= 11 is 5.93. The third-order valence-corrected chi connectivity index (χ3v) is 4.68. The molecule has 3 aromatic rings. The third kappa shape index (κ3) is 5.37. The molecule has 0 aliphatic rings. The molecule has 0 atom stereocenters. The van der Waals surface area contributed by atoms with Crippen LogP contribution in [0.1, 0.15) is 29.2 Å². The summed E-state index contributed by atoms with van der Waals surface area (Å²) in [6.07, 6.45) is 1.84. The minimum Gasteiger partial charge on any atom is -0.490 e. The zero-order valence-corrected chi connectivity index (χ0v) is 17.2. The normalized spacial score (nSPS) is 11.0. The molecule has 4 heteroatoms. The van der Waals surface area contributed by atoms with Crippen molar-refractivity contribution in [3.05, 3.63) is 87.9 Å². The summed E-state index contributed by atoms with van der Waals surface area (Å²) in [5, 5.41) is 0.714. The van der Waals surface area contributed by atoms with Crippen LogP contribution in [0.5, 0.6) is 11.5 Å². The second kappa shape index (κ2) is 9.43. The second-order valence-corrected chi connectivity index (χ2v) is 7.02. The summed E-state index contributed by atoms with van der Waals surface area (Å²) in [6.45, 7) is 7.16. The summed E-state index contributed by atoms with van der Waals surface area (Å²) in [7, 11) is 0. The Morgan fingerprint density at radius 3 is 2.36 bits per heavy atom. The van der Waals surface area contributed by atoms with Crippen molar-refractivity contribution in [1.82, 2.24) is 0 Å². The van der Waals surface area contributed by atoms with Gasteiger partial charge in [-0.25, -0.2) is 0 Å². The van der Waals surface area contributed by atoms with Gasteiger partial charge in [0.2, 0.25) is 0 Å². The zero-order chi connectivity index (χ0) is 19.9. The molecular formula is C24H24ClNO2. The predicted molar refractivity (Wildman–Crippen MR) is 117 cm³/mol. The van der Waals surface area contributed by atoms with Crippen molar-refractivity contribution in [1.29, 1.82) is 0 Å². The molecule has 0 aliphatic heterocycles. The fourth-order valence-corrected chi connectivity index (χ4v) is 2.82. The maximum atomic E-state index is 5.95. The molecule has 0 unspecified atom stereocenters. The van der Waals surface area contributed by atoms with E-state index in [1.807, 2.05) is 61.7 Å². The van der Waals surface area contributed by atoms with Crippen molar-refractivity contribution in [3.63, 3.8) is 0 Å². The van der Waals surface area contributed by atoms with Gasteiger partial charge in [-0.15, -0.1) is 0 Å². The van der Waals surface area contributed by atoms with Crippen LogP contribution in [0.4, 0.5) is 5.69 Å². The molecule has 0 radical (unpaired) electrons. The Balaban J connectivity index is 1.75. The highest BCUT2D eigenvalue weighted by molar-refractivity contribution is 6.30. The quantitative estimate of drug-likeness (QED) is 0.419. The Morgan fingerprint density at radius 2 is 1.64 bits per heavy atom. The molecule has 3 aromatic carbocycles. The van der Waals surface area contributed by atoms with E-state index in [4.69, 9.17) is 21.1 Å². The van der Waals surface area contributed by atoms with E-state index in [0.717, 1.165) is 16.8 Å². The molecule has 0 heterocycles. The maximum Gasteiger partial charge on any atom is 0.161 e. The highest BCUT2D eigenvalue weighted by atomic mass is 35.5. The number of nitrogens with zero attached hydrogens (tertiary/aromatic N) is 1. The van der Waals surface area contributed by atoms with Crippen LogP contribution in [0.3, 0.4) is 0 Å². The van der Waals surface area contributed by atoms with E-state index in [1.54, 1.807) is 0 Å². The van der Waals surface area contributed by atoms with Crippen LogP contribution >= 0.6 is 11.6 Å². The standard InChI is InChI=1S/C24H24ClNO2/c1-4-27-24-14-20(15-26-22-11-5-17(2)18(3)13-22)8-12-23(24)28-16-19-6-9-21(25)10-7-19/h5-15H,4,16H2,1-3H3. The SMILES string of the molecule is CCOc1cc(C=Nc2ccc(C)c(C)c2)ccc1OCc1ccc(Cl)cc1. The number of hydrogen-bond donors (Lipinski definition) is 0. The van der Waals surface area contributed by atoms with Crippen LogP contribution in [-0.4, -0.2) is 12.8 Å². The minimum atomic E-state index is 0.452. The van der Waals surface area contributed by atoms with Crippen LogP contribution in [0.25, 0.3) is 0 Å². The van der Waals surface area contributed by atoms with Gasteiger partial charge in [0.25, 0.3) is 0 Å². The van der Waals surface area contributed by atoms with Gasteiger partial charge in [-0.05, 0) is 85.5 Å². The molecule has 28 heavy (non-hydrogen) atoms. The molecule has 3 nitrogen and oxygen atoms in total. The van der Waals surface area contributed by atoms with Crippen molar-refractivity contribution < 1.29 is 9.47 Å². The molecule has 0 spiro atoms. The molecule has 0 amide bonds. The van der Waals surface area contributed by atoms with Gasteiger partial charge in [0.05, 0.1) is 12.3 Å². The Morgan fingerprint density at radius 1 is 0.857 bits per heavy atom. The molecule has 0 fully saturated rings. The highest BCUT2D eigenvalue weighted by Gasteiger charge is 2.07. The molecule has 0 aromatic heterocycles. The van der Waals surface area contributed by atoms with Crippen molar-refractivity contribution in [2.45, 2.75) is 27.4 Å². The Kier molecular flexibility index (Phi) is 6.72. The van der Waals surface area contributed by atoms with E-state index in [0.29, 0.717) is 29.7 Å². The number of rotatable bonds is 7. The van der Waals surface area contributed by atoms with Gasteiger partial charge in [-0.1, -0.05) is 29.8 Å². The molecular weight excluding hydrogens is 370 g/mol. The lowest BCUT2D eigenvalue weighted by Crippen LogP contribution is -2.00. The highest BCUT2D eigenvalue weighted by Crippen LogP contribution is 2.29. The van der Waals surface area contributed by atoms with E-state index >= 15 is 0 Å². The Bertz CT molecular complexity index is 965. The number of benzene rings is 3. The smallest absolute Gasteiger partial charge is 0.161 e. The van der Waals surface area contributed by atoms with Crippen LogP contribution in [0.2, 0.25) is 5.02 Å². The molecule has 0 saturated carbocycles. The Labute approximate surface area is 171 Å². The molecule has 3 rings (SSSR count). The largest absolute Gasteiger partial charge is 0.490 e. The van der Waals surface area contributed by atoms with E-state index in [9.17, 15) is 0 Å². The summed E-state index contributed by atoms with van der Waals surface area (Å²) in [5.74, 6) is 1.42. The average molecular weight is 394 g/mol. The van der Waals surface area contributed by atoms with Crippen LogP contribution in [-0.2, 0) is 6.61 Å². The van der Waals surface area contributed by atoms with Gasteiger partial charge in [-0.3, -0.25) is 4.99 Å². The predicted octanol–water partition coefficient (Wildman–Crippen LogP) is 6.69. The van der Waals surface area contributed by atoms with E-state index in [2.05, 4.69) is 31.0 Å². The number of halogens is 1. The Hall–Kier alpha value is -2.78. The van der Waals surface area contributed by atoms with Crippen molar-refractivity contribution in [2.75, 3.05) is 6.61 Å². The fraction of sp³-hybridized carbons (Fsp3) is 0.208. The molecule has 0 saturated heterocycles. The molecule has 0 N–H and O–H groups in total. The first-order chi connectivity index (χ1) is 13.5. The fourth-order valence-electron chi connectivity index (χ4n) is 2.69. The van der Waals surface area contributed by atoms with E-state index in [1.165, 1.54) is 11.1 Å². The van der Waals surface area contributed by atoms with Crippen molar-refractivity contribution >= 4 is 23.5 Å². The lowest BCUT2D eigenvalue weighted by atomic mass is 10.1. The summed E-state index contributed by atoms with van der Waals surface area (Å²) in [5.41, 5.74) is 5.44. The summed E-state index contributed by atoms with van der Waals surface area (Å²) in [4.78, 5) is 4.58. The number of aryl methyl sites for hydroxylation is 2. The second-order valence-electron chi connectivity index (χ2n) is 6.58. The average Bonchev–Trinajstić information content (AvgIpc) is 2.69. The van der Waals surface area contributed by atoms with Crippen LogP contribution in [0.15, 0.2) is 65.7 Å². The van der Waals surface area contributed by atoms with E-state index < -0.39 is 0 Å². The lowest BCUT2D eigenvalue weighted by molar-refractivity contribution is 0.269. The first kappa shape index (κ1) is 20.0. The first-order valence-corrected chi connectivity index (χ1v) is 9.68. The van der Waals surface area contributed by atoms with Gasteiger partial charge in [0.15, 0.2) is 11.5 Å². The monoisotopic (exact) mass is 393 g/mol. The number of aliphatic imine (C=N–C) groups is 1. The summed E-state index contributed by atoms with van der Waals surface area (Å²) < 4.78 is 11.7. The third-order valence-electron chi connectivity index (χ3n) is 4.43. The van der Waals surface area contributed by atoms with Crippen molar-refractivity contribution in [2.24, 2.45) is 4.99 Å². The molecule has 0 bridgehead atoms. The lowest BCUT2D eigenvalue weighted by Gasteiger charge is -2.12.